The topological polar surface area (TPSA) is 29.4 Å². The Morgan fingerprint density at radius 1 is 0.762 bits per heavy atom. The molecule has 0 N–H and O–H groups in total. The minimum Gasteiger partial charge on any atom is -0.227 e. The van der Waals surface area contributed by atoms with Gasteiger partial charge in [0.2, 0.25) is 0 Å². The lowest BCUT2D eigenvalue weighted by molar-refractivity contribution is -0.444. The van der Waals surface area contributed by atoms with Crippen molar-refractivity contribution in [3.8, 4) is 0 Å². The summed E-state index contributed by atoms with van der Waals surface area (Å²) in [6.45, 7) is -0.130. The van der Waals surface area contributed by atoms with E-state index in [9.17, 15) is 48.8 Å². The molecule has 1 saturated carbocycles. The first kappa shape index (κ1) is 18.4. The molecule has 0 aromatic heterocycles. The summed E-state index contributed by atoms with van der Waals surface area (Å²) in [5.74, 6) is -26.4. The van der Waals surface area contributed by atoms with Crippen molar-refractivity contribution < 1.29 is 43.9 Å². The zero-order valence-electron chi connectivity index (χ0n) is 9.79. The second-order valence-corrected chi connectivity index (χ2v) is 5.30. The Balaban J connectivity index is 3.87. The molecule has 0 amide bonds. The summed E-state index contributed by atoms with van der Waals surface area (Å²) in [4.78, 5) is 10.0. The van der Waals surface area contributed by atoms with Crippen LogP contribution >= 0.6 is 9.24 Å². The van der Waals surface area contributed by atoms with E-state index >= 15 is 0 Å². The van der Waals surface area contributed by atoms with E-state index in [2.05, 4.69) is 0 Å². The SMILES string of the molecule is CC(N=O)C1(F)C(F)(F)C(F)(F)C(F)(P)C(F)(F)C1(F)F. The fraction of sp³-hybridized carbons (Fsp3) is 1.00. The van der Waals surface area contributed by atoms with Crippen LogP contribution in [0.3, 0.4) is 0 Å². The molecule has 1 rings (SSSR count). The third-order valence-corrected chi connectivity index (χ3v) is 4.08. The number of hydrogen-bond donors (Lipinski definition) is 0. The van der Waals surface area contributed by atoms with Gasteiger partial charge in [-0.2, -0.15) is 40.0 Å². The van der Waals surface area contributed by atoms with E-state index < -0.39 is 40.8 Å². The number of rotatable bonds is 2. The van der Waals surface area contributed by atoms with Gasteiger partial charge in [-0.05, 0) is 6.92 Å². The van der Waals surface area contributed by atoms with Crippen molar-refractivity contribution >= 4 is 9.24 Å². The highest BCUT2D eigenvalue weighted by atomic mass is 31.0. The van der Waals surface area contributed by atoms with Crippen molar-refractivity contribution in [3.05, 3.63) is 4.91 Å². The first-order valence-electron chi connectivity index (χ1n) is 4.99. The van der Waals surface area contributed by atoms with Crippen molar-refractivity contribution in [1.29, 1.82) is 0 Å². The van der Waals surface area contributed by atoms with E-state index in [4.69, 9.17) is 0 Å². The molecule has 2 nitrogen and oxygen atoms in total. The number of nitrogens with zero attached hydrogens (tertiary/aromatic N) is 1. The summed E-state index contributed by atoms with van der Waals surface area (Å²) >= 11 is 0. The number of halogens is 10. The molecule has 0 bridgehead atoms. The van der Waals surface area contributed by atoms with Crippen LogP contribution in [-0.4, -0.2) is 40.8 Å². The quantitative estimate of drug-likeness (QED) is 0.420. The molecule has 0 aromatic rings. The summed E-state index contributed by atoms with van der Waals surface area (Å²) < 4.78 is 134. The highest BCUT2D eigenvalue weighted by Gasteiger charge is 2.99. The Kier molecular flexibility index (Phi) is 3.67. The van der Waals surface area contributed by atoms with Gasteiger partial charge < -0.3 is 0 Å². The first-order chi connectivity index (χ1) is 8.98. The molecule has 1 aliphatic carbocycles. The second kappa shape index (κ2) is 4.20. The lowest BCUT2D eigenvalue weighted by Gasteiger charge is -2.54. The van der Waals surface area contributed by atoms with Gasteiger partial charge >= 0.3 is 23.7 Å². The lowest BCUT2D eigenvalue weighted by Crippen LogP contribution is -2.85. The molecule has 0 radical (unpaired) electrons. The maximum Gasteiger partial charge on any atom is 0.356 e. The Labute approximate surface area is 112 Å². The minimum absolute atomic E-state index is 0.130. The van der Waals surface area contributed by atoms with Crippen LogP contribution in [0.15, 0.2) is 5.18 Å². The molecule has 2 unspecified atom stereocenters. The fourth-order valence-electron chi connectivity index (χ4n) is 1.91. The maximum atomic E-state index is 13.9. The average molecular weight is 353 g/mol. The predicted octanol–water partition coefficient (Wildman–Crippen LogP) is 3.95. The van der Waals surface area contributed by atoms with Crippen molar-refractivity contribution in [2.75, 3.05) is 0 Å². The third kappa shape index (κ3) is 1.54. The van der Waals surface area contributed by atoms with Gasteiger partial charge in [0.1, 0.15) is 6.04 Å². The van der Waals surface area contributed by atoms with Crippen LogP contribution in [0.1, 0.15) is 6.92 Å². The molecule has 1 aliphatic rings. The zero-order valence-corrected chi connectivity index (χ0v) is 10.9. The average Bonchev–Trinajstić information content (AvgIpc) is 2.34. The standard InChI is InChI=1S/C8H6F10NOP/c1-2(19-20)3(9)4(10,11)6(14,15)8(18,21)7(16,17)5(3,12)13/h2H,21H2,1H3. The van der Waals surface area contributed by atoms with Gasteiger partial charge in [-0.25, -0.2) is 8.78 Å². The molecule has 124 valence electrons. The van der Waals surface area contributed by atoms with Gasteiger partial charge in [-0.15, -0.1) is 0 Å². The molecule has 0 spiro atoms. The zero-order chi connectivity index (χ0) is 17.3. The van der Waals surface area contributed by atoms with Gasteiger partial charge in [0, 0.05) is 0 Å². The van der Waals surface area contributed by atoms with Crippen LogP contribution in [0, 0.1) is 4.91 Å². The molecule has 2 atom stereocenters. The van der Waals surface area contributed by atoms with Crippen molar-refractivity contribution in [2.45, 2.75) is 47.7 Å². The van der Waals surface area contributed by atoms with E-state index in [1.165, 1.54) is 5.18 Å². The van der Waals surface area contributed by atoms with E-state index in [1.807, 2.05) is 0 Å². The number of hydrogen-bond acceptors (Lipinski definition) is 2. The predicted molar refractivity (Wildman–Crippen MR) is 52.4 cm³/mol. The van der Waals surface area contributed by atoms with Crippen LogP contribution < -0.4 is 0 Å². The molecule has 0 aromatic carbocycles. The van der Waals surface area contributed by atoms with Crippen LogP contribution in [0.5, 0.6) is 0 Å². The summed E-state index contributed by atoms with van der Waals surface area (Å²) in [6.07, 6.45) is 0. The Morgan fingerprint density at radius 2 is 1.05 bits per heavy atom. The number of alkyl halides is 10. The molecule has 0 saturated heterocycles. The van der Waals surface area contributed by atoms with E-state index in [1.54, 1.807) is 0 Å². The Hall–Kier alpha value is -0.670. The van der Waals surface area contributed by atoms with Crippen LogP contribution in [-0.2, 0) is 0 Å². The molecule has 21 heavy (non-hydrogen) atoms. The van der Waals surface area contributed by atoms with Crippen LogP contribution in [0.25, 0.3) is 0 Å². The molecule has 13 heteroatoms. The van der Waals surface area contributed by atoms with Crippen molar-refractivity contribution in [3.63, 3.8) is 0 Å². The van der Waals surface area contributed by atoms with Gasteiger partial charge in [-0.1, -0.05) is 14.4 Å². The second-order valence-electron chi connectivity index (χ2n) is 4.50. The summed E-state index contributed by atoms with van der Waals surface area (Å²) in [7, 11) is -0.139. The van der Waals surface area contributed by atoms with E-state index in [0.717, 1.165) is 0 Å². The highest BCUT2D eigenvalue weighted by molar-refractivity contribution is 7.19. The monoisotopic (exact) mass is 353 g/mol. The van der Waals surface area contributed by atoms with Gasteiger partial charge in [-0.3, -0.25) is 0 Å². The van der Waals surface area contributed by atoms with Crippen molar-refractivity contribution in [1.82, 2.24) is 0 Å². The molecule has 0 aliphatic heterocycles. The summed E-state index contributed by atoms with van der Waals surface area (Å²) in [6, 6.07) is -3.51. The normalized spacial score (nSPS) is 41.3. The molecular weight excluding hydrogens is 347 g/mol. The Morgan fingerprint density at radius 3 is 1.29 bits per heavy atom. The number of nitroso groups, excluding NO2 is 1. The third-order valence-electron chi connectivity index (χ3n) is 3.35. The molecular formula is C8H6F10NOP. The highest BCUT2D eigenvalue weighted by Crippen LogP contribution is 2.71. The van der Waals surface area contributed by atoms with Crippen LogP contribution in [0.4, 0.5) is 43.9 Å². The van der Waals surface area contributed by atoms with Crippen molar-refractivity contribution in [2.24, 2.45) is 5.18 Å². The molecule has 0 heterocycles. The van der Waals surface area contributed by atoms with Gasteiger partial charge in [0.15, 0.2) is 0 Å². The van der Waals surface area contributed by atoms with E-state index in [0.29, 0.717) is 0 Å². The molecule has 1 fully saturated rings. The maximum absolute atomic E-state index is 13.9. The lowest BCUT2D eigenvalue weighted by atomic mass is 9.70. The smallest absolute Gasteiger partial charge is 0.227 e. The fourth-order valence-corrected chi connectivity index (χ4v) is 2.27. The largest absolute Gasteiger partial charge is 0.356 e. The minimum atomic E-state index is -6.64. The summed E-state index contributed by atoms with van der Waals surface area (Å²) in [5, 5.41) is -4.48. The first-order valence-corrected chi connectivity index (χ1v) is 5.56. The Bertz CT molecular complexity index is 434. The van der Waals surface area contributed by atoms with Gasteiger partial charge in [0.05, 0.1) is 0 Å². The summed E-state index contributed by atoms with van der Waals surface area (Å²) in [5.41, 5.74) is -6.10. The van der Waals surface area contributed by atoms with E-state index in [-0.39, 0.29) is 16.2 Å². The van der Waals surface area contributed by atoms with Gasteiger partial charge in [0.25, 0.3) is 11.1 Å². The van der Waals surface area contributed by atoms with Crippen LogP contribution in [0.2, 0.25) is 0 Å².